The van der Waals surface area contributed by atoms with Crippen molar-refractivity contribution in [2.45, 2.75) is 25.5 Å². The van der Waals surface area contributed by atoms with Gasteiger partial charge in [-0.25, -0.2) is 14.2 Å². The molecule has 1 unspecified atom stereocenters. The van der Waals surface area contributed by atoms with E-state index in [1.165, 1.54) is 17.6 Å². The Kier molecular flexibility index (Phi) is 3.93. The molecule has 0 saturated heterocycles. The molecule has 0 aromatic carbocycles. The summed E-state index contributed by atoms with van der Waals surface area (Å²) in [5.74, 6) is 0. The van der Waals surface area contributed by atoms with E-state index in [2.05, 4.69) is 30.3 Å². The van der Waals surface area contributed by atoms with Crippen LogP contribution in [0.25, 0.3) is 10.3 Å². The topological polar surface area (TPSA) is 55.2 Å². The fourth-order valence-electron chi connectivity index (χ4n) is 1.13. The maximum Gasteiger partial charge on any atom is 0.170 e. The lowest BCUT2D eigenvalue weighted by atomic mass is 10.3. The van der Waals surface area contributed by atoms with Crippen molar-refractivity contribution >= 4 is 54.8 Å². The van der Waals surface area contributed by atoms with E-state index in [1.54, 1.807) is 5.51 Å². The normalized spacial score (nSPS) is 14.4. The fourth-order valence-corrected chi connectivity index (χ4v) is 2.87. The van der Waals surface area contributed by atoms with Gasteiger partial charge >= 0.3 is 0 Å². The first kappa shape index (κ1) is 13.8. The van der Waals surface area contributed by atoms with E-state index in [-0.39, 0.29) is 4.75 Å². The summed E-state index contributed by atoms with van der Waals surface area (Å²) in [4.78, 5) is 8.50. The fraction of sp³-hybridized carbons (Fsp3) is 0.364. The molecular weight excluding hydrogens is 334 g/mol. The summed E-state index contributed by atoms with van der Waals surface area (Å²) < 4.78 is 17.3. The zero-order chi connectivity index (χ0) is 13.3. The van der Waals surface area contributed by atoms with Gasteiger partial charge in [0.15, 0.2) is 5.65 Å². The van der Waals surface area contributed by atoms with Crippen molar-refractivity contribution in [1.82, 2.24) is 9.97 Å². The molecule has 1 atom stereocenters. The van der Waals surface area contributed by atoms with E-state index < -0.39 is 11.0 Å². The molecule has 18 heavy (non-hydrogen) atoms. The van der Waals surface area contributed by atoms with E-state index >= 15 is 0 Å². The second-order valence-corrected chi connectivity index (χ2v) is 8.30. The van der Waals surface area contributed by atoms with Crippen LogP contribution in [0.5, 0.6) is 0 Å². The zero-order valence-electron chi connectivity index (χ0n) is 10.2. The third-order valence-electron chi connectivity index (χ3n) is 2.10. The van der Waals surface area contributed by atoms with E-state index in [4.69, 9.17) is 0 Å². The molecule has 0 aliphatic carbocycles. The average Bonchev–Trinajstić information content (AvgIpc) is 2.70. The van der Waals surface area contributed by atoms with E-state index in [0.717, 1.165) is 9.17 Å². The lowest BCUT2D eigenvalue weighted by Crippen LogP contribution is -2.19. The molecule has 2 aromatic heterocycles. The predicted octanol–water partition coefficient (Wildman–Crippen LogP) is 3.33. The van der Waals surface area contributed by atoms with Crippen LogP contribution in [0.15, 0.2) is 20.4 Å². The third kappa shape index (κ3) is 3.02. The summed E-state index contributed by atoms with van der Waals surface area (Å²) >= 11 is 4.96. The summed E-state index contributed by atoms with van der Waals surface area (Å²) in [5, 5.41) is 0. The molecule has 0 spiro atoms. The standard InChI is InChI=1S/C11H12BrN3OS2/c1-11(2,3)18(16)14-5-8-7(12)4-9-10(15-8)13-6-17-9/h4-6H,1-3H3/b14-5+. The second-order valence-electron chi connectivity index (χ2n) is 4.63. The van der Waals surface area contributed by atoms with Crippen LogP contribution in [-0.4, -0.2) is 25.1 Å². The smallest absolute Gasteiger partial charge is 0.170 e. The Labute approximate surface area is 120 Å². The van der Waals surface area contributed by atoms with Gasteiger partial charge in [0, 0.05) is 4.47 Å². The molecule has 7 heteroatoms. The van der Waals surface area contributed by atoms with Gasteiger partial charge in [-0.3, -0.25) is 0 Å². The Balaban J connectivity index is 2.34. The van der Waals surface area contributed by atoms with E-state index in [0.29, 0.717) is 11.3 Å². The van der Waals surface area contributed by atoms with Crippen molar-refractivity contribution in [1.29, 1.82) is 0 Å². The van der Waals surface area contributed by atoms with Gasteiger partial charge in [0.05, 0.1) is 26.9 Å². The van der Waals surface area contributed by atoms with Gasteiger partial charge in [-0.15, -0.1) is 11.3 Å². The van der Waals surface area contributed by atoms with Crippen LogP contribution in [0, 0.1) is 0 Å². The van der Waals surface area contributed by atoms with Gasteiger partial charge in [-0.1, -0.05) is 0 Å². The number of hydrogen-bond donors (Lipinski definition) is 0. The molecule has 2 rings (SSSR count). The number of pyridine rings is 1. The zero-order valence-corrected chi connectivity index (χ0v) is 13.4. The maximum absolute atomic E-state index is 11.8. The van der Waals surface area contributed by atoms with Crippen LogP contribution in [-0.2, 0) is 11.0 Å². The van der Waals surface area contributed by atoms with Crippen molar-refractivity contribution in [3.63, 3.8) is 0 Å². The molecule has 0 amide bonds. The monoisotopic (exact) mass is 345 g/mol. The molecule has 96 valence electrons. The maximum atomic E-state index is 11.8. The largest absolute Gasteiger partial charge is 0.234 e. The highest BCUT2D eigenvalue weighted by Crippen LogP contribution is 2.23. The van der Waals surface area contributed by atoms with Gasteiger partial charge in [-0.05, 0) is 42.8 Å². The van der Waals surface area contributed by atoms with Crippen LogP contribution in [0.2, 0.25) is 0 Å². The third-order valence-corrected chi connectivity index (χ3v) is 4.84. The van der Waals surface area contributed by atoms with Crippen molar-refractivity contribution in [2.75, 3.05) is 0 Å². The molecule has 0 radical (unpaired) electrons. The van der Waals surface area contributed by atoms with Crippen LogP contribution in [0.4, 0.5) is 0 Å². The summed E-state index contributed by atoms with van der Waals surface area (Å²) in [6.45, 7) is 5.64. The van der Waals surface area contributed by atoms with E-state index in [1.807, 2.05) is 26.8 Å². The van der Waals surface area contributed by atoms with Gasteiger partial charge in [0.1, 0.15) is 11.0 Å². The minimum absolute atomic E-state index is 0.367. The Morgan fingerprint density at radius 1 is 1.50 bits per heavy atom. The summed E-state index contributed by atoms with van der Waals surface area (Å²) in [6.07, 6.45) is 1.53. The highest BCUT2D eigenvalue weighted by molar-refractivity contribution is 9.10. The van der Waals surface area contributed by atoms with Crippen LogP contribution >= 0.6 is 27.3 Å². The SMILES string of the molecule is CC(C)(C)S(=O)/N=C/c1nc2ncsc2cc1Br. The minimum atomic E-state index is -1.28. The molecule has 0 aliphatic heterocycles. The summed E-state index contributed by atoms with van der Waals surface area (Å²) in [5.41, 5.74) is 3.08. The molecule has 2 aromatic rings. The Morgan fingerprint density at radius 2 is 2.22 bits per heavy atom. The molecule has 0 saturated carbocycles. The Hall–Kier alpha value is -0.660. The van der Waals surface area contributed by atoms with E-state index in [9.17, 15) is 4.21 Å². The second kappa shape index (κ2) is 5.14. The summed E-state index contributed by atoms with van der Waals surface area (Å²) in [6, 6.07) is 1.95. The molecule has 0 N–H and O–H groups in total. The lowest BCUT2D eigenvalue weighted by molar-refractivity contribution is 0.651. The highest BCUT2D eigenvalue weighted by Gasteiger charge is 2.18. The van der Waals surface area contributed by atoms with Crippen LogP contribution in [0.1, 0.15) is 26.5 Å². The first-order valence-electron chi connectivity index (χ1n) is 5.24. The van der Waals surface area contributed by atoms with Gasteiger partial charge in [0.2, 0.25) is 0 Å². The molecular formula is C11H12BrN3OS2. The highest BCUT2D eigenvalue weighted by atomic mass is 79.9. The number of thiazole rings is 1. The molecule has 2 heterocycles. The lowest BCUT2D eigenvalue weighted by Gasteiger charge is -2.12. The van der Waals surface area contributed by atoms with Crippen molar-refractivity contribution in [2.24, 2.45) is 4.40 Å². The van der Waals surface area contributed by atoms with Gasteiger partial charge in [-0.2, -0.15) is 4.40 Å². The number of aromatic nitrogens is 2. The Morgan fingerprint density at radius 3 is 2.89 bits per heavy atom. The first-order valence-corrected chi connectivity index (χ1v) is 8.01. The van der Waals surface area contributed by atoms with Crippen LogP contribution in [0.3, 0.4) is 0 Å². The first-order chi connectivity index (χ1) is 8.38. The number of rotatable bonds is 2. The average molecular weight is 346 g/mol. The van der Waals surface area contributed by atoms with Crippen molar-refractivity contribution in [3.05, 3.63) is 21.7 Å². The van der Waals surface area contributed by atoms with Gasteiger partial charge < -0.3 is 0 Å². The van der Waals surface area contributed by atoms with Crippen molar-refractivity contribution < 1.29 is 4.21 Å². The molecule has 0 aliphatic rings. The number of fused-ring (bicyclic) bond motifs is 1. The number of hydrogen-bond acceptors (Lipinski definition) is 4. The molecule has 4 nitrogen and oxygen atoms in total. The Bertz CT molecular complexity index is 631. The molecule has 0 bridgehead atoms. The molecule has 0 fully saturated rings. The van der Waals surface area contributed by atoms with Crippen LogP contribution < -0.4 is 0 Å². The number of nitrogens with zero attached hydrogens (tertiary/aromatic N) is 3. The van der Waals surface area contributed by atoms with Crippen molar-refractivity contribution in [3.8, 4) is 0 Å². The quantitative estimate of drug-likeness (QED) is 0.784. The summed E-state index contributed by atoms with van der Waals surface area (Å²) in [7, 11) is -1.28. The van der Waals surface area contributed by atoms with Gasteiger partial charge in [0.25, 0.3) is 0 Å². The minimum Gasteiger partial charge on any atom is -0.234 e. The predicted molar refractivity (Wildman–Crippen MR) is 80.6 cm³/mol. The number of halogens is 1.